The molecule has 31 heavy (non-hydrogen) atoms. The van der Waals surface area contributed by atoms with Crippen molar-refractivity contribution in [2.24, 2.45) is 0 Å². The SMILES string of the molecule is COc1ccc(-c2nc3ccccc3s2)cc1NC(=O)/C=C/c1ccc(C(C)C)cc1. The number of anilines is 1. The van der Waals surface area contributed by atoms with Crippen LogP contribution in [0, 0.1) is 0 Å². The lowest BCUT2D eigenvalue weighted by Crippen LogP contribution is -2.09. The molecule has 1 amide bonds. The summed E-state index contributed by atoms with van der Waals surface area (Å²) in [6.07, 6.45) is 3.34. The van der Waals surface area contributed by atoms with Crippen LogP contribution in [0.4, 0.5) is 5.69 Å². The molecule has 1 heterocycles. The first kappa shape index (κ1) is 20.8. The van der Waals surface area contributed by atoms with Crippen LogP contribution in [-0.2, 0) is 4.79 Å². The second-order valence-electron chi connectivity index (χ2n) is 7.55. The van der Waals surface area contributed by atoms with Crippen LogP contribution >= 0.6 is 11.3 Å². The summed E-state index contributed by atoms with van der Waals surface area (Å²) in [4.78, 5) is 17.3. The topological polar surface area (TPSA) is 51.2 Å². The van der Waals surface area contributed by atoms with Crippen LogP contribution in [-0.4, -0.2) is 18.0 Å². The van der Waals surface area contributed by atoms with Crippen LogP contribution in [0.5, 0.6) is 5.75 Å². The molecule has 0 aliphatic rings. The minimum Gasteiger partial charge on any atom is -0.495 e. The van der Waals surface area contributed by atoms with Gasteiger partial charge in [-0.05, 0) is 53.5 Å². The summed E-state index contributed by atoms with van der Waals surface area (Å²) in [5.41, 5.74) is 4.78. The summed E-state index contributed by atoms with van der Waals surface area (Å²) >= 11 is 1.62. The summed E-state index contributed by atoms with van der Waals surface area (Å²) < 4.78 is 6.57. The van der Waals surface area contributed by atoms with Gasteiger partial charge in [0.25, 0.3) is 0 Å². The Morgan fingerprint density at radius 2 is 1.84 bits per heavy atom. The minimum absolute atomic E-state index is 0.215. The highest BCUT2D eigenvalue weighted by Gasteiger charge is 2.11. The Labute approximate surface area is 186 Å². The molecule has 0 aliphatic carbocycles. The predicted molar refractivity (Wildman–Crippen MR) is 130 cm³/mol. The largest absolute Gasteiger partial charge is 0.495 e. The molecule has 1 aromatic heterocycles. The third-order valence-corrected chi connectivity index (χ3v) is 6.11. The zero-order chi connectivity index (χ0) is 21.8. The van der Waals surface area contributed by atoms with Crippen LogP contribution < -0.4 is 10.1 Å². The predicted octanol–water partition coefficient (Wildman–Crippen LogP) is 6.75. The molecular weight excluding hydrogens is 404 g/mol. The number of carbonyl (C=O) groups is 1. The molecule has 4 nitrogen and oxygen atoms in total. The summed E-state index contributed by atoms with van der Waals surface area (Å²) in [6.45, 7) is 4.32. The monoisotopic (exact) mass is 428 g/mol. The van der Waals surface area contributed by atoms with Crippen molar-refractivity contribution >= 4 is 39.2 Å². The zero-order valence-corrected chi connectivity index (χ0v) is 18.6. The van der Waals surface area contributed by atoms with Gasteiger partial charge in [0.2, 0.25) is 5.91 Å². The zero-order valence-electron chi connectivity index (χ0n) is 17.8. The molecule has 0 spiro atoms. The maximum absolute atomic E-state index is 12.6. The molecule has 5 heteroatoms. The molecule has 4 rings (SSSR count). The fourth-order valence-corrected chi connectivity index (χ4v) is 4.23. The van der Waals surface area contributed by atoms with Crippen LogP contribution in [0.2, 0.25) is 0 Å². The number of thiazole rings is 1. The molecule has 0 radical (unpaired) electrons. The van der Waals surface area contributed by atoms with Gasteiger partial charge in [-0.2, -0.15) is 0 Å². The van der Waals surface area contributed by atoms with E-state index in [0.29, 0.717) is 17.4 Å². The number of hydrogen-bond acceptors (Lipinski definition) is 4. The number of amides is 1. The van der Waals surface area contributed by atoms with E-state index in [1.807, 2.05) is 54.6 Å². The number of fused-ring (bicyclic) bond motifs is 1. The van der Waals surface area contributed by atoms with Crippen molar-refractivity contribution in [2.75, 3.05) is 12.4 Å². The molecule has 0 unspecified atom stereocenters. The van der Waals surface area contributed by atoms with Gasteiger partial charge in [-0.1, -0.05) is 50.2 Å². The molecule has 0 saturated heterocycles. The van der Waals surface area contributed by atoms with Crippen molar-refractivity contribution < 1.29 is 9.53 Å². The number of carbonyl (C=O) groups excluding carboxylic acids is 1. The van der Waals surface area contributed by atoms with Crippen molar-refractivity contribution in [3.8, 4) is 16.3 Å². The molecule has 0 aliphatic heterocycles. The van der Waals surface area contributed by atoms with E-state index in [1.54, 1.807) is 18.4 Å². The Bertz CT molecular complexity index is 1210. The minimum atomic E-state index is -0.215. The molecule has 3 aromatic carbocycles. The number of nitrogens with one attached hydrogen (secondary N) is 1. The molecule has 1 N–H and O–H groups in total. The van der Waals surface area contributed by atoms with Gasteiger partial charge in [0, 0.05) is 11.6 Å². The van der Waals surface area contributed by atoms with Gasteiger partial charge in [-0.3, -0.25) is 4.79 Å². The fraction of sp³-hybridized carbons (Fsp3) is 0.154. The first-order chi connectivity index (χ1) is 15.0. The summed E-state index contributed by atoms with van der Waals surface area (Å²) in [5, 5.41) is 3.83. The number of rotatable bonds is 6. The normalized spacial score (nSPS) is 11.4. The third kappa shape index (κ3) is 4.84. The molecule has 156 valence electrons. The number of methoxy groups -OCH3 is 1. The van der Waals surface area contributed by atoms with E-state index in [4.69, 9.17) is 9.72 Å². The second kappa shape index (κ2) is 9.14. The van der Waals surface area contributed by atoms with E-state index in [1.165, 1.54) is 11.6 Å². The van der Waals surface area contributed by atoms with Gasteiger partial charge in [-0.25, -0.2) is 4.98 Å². The van der Waals surface area contributed by atoms with E-state index < -0.39 is 0 Å². The van der Waals surface area contributed by atoms with E-state index in [2.05, 4.69) is 37.4 Å². The average Bonchev–Trinajstić information content (AvgIpc) is 3.22. The van der Waals surface area contributed by atoms with Crippen molar-refractivity contribution in [3.05, 3.63) is 83.9 Å². The standard InChI is InChI=1S/C26H24N2O2S/c1-17(2)19-11-8-18(9-12-19)10-15-25(29)27-22-16-20(13-14-23(22)30-3)26-28-21-6-4-5-7-24(21)31-26/h4-17H,1-3H3,(H,27,29)/b15-10+. The third-order valence-electron chi connectivity index (χ3n) is 5.03. The Kier molecular flexibility index (Phi) is 6.14. The summed E-state index contributed by atoms with van der Waals surface area (Å²) in [6, 6.07) is 22.0. The van der Waals surface area contributed by atoms with Crippen LogP contribution in [0.25, 0.3) is 26.9 Å². The quantitative estimate of drug-likeness (QED) is 0.346. The van der Waals surface area contributed by atoms with E-state index in [-0.39, 0.29) is 5.91 Å². The van der Waals surface area contributed by atoms with Gasteiger partial charge < -0.3 is 10.1 Å². The molecule has 0 saturated carbocycles. The maximum Gasteiger partial charge on any atom is 0.248 e. The number of hydrogen-bond donors (Lipinski definition) is 1. The van der Waals surface area contributed by atoms with Gasteiger partial charge in [-0.15, -0.1) is 11.3 Å². The number of ether oxygens (including phenoxy) is 1. The Morgan fingerprint density at radius 3 is 2.55 bits per heavy atom. The van der Waals surface area contributed by atoms with Crippen LogP contribution in [0.15, 0.2) is 72.8 Å². The van der Waals surface area contributed by atoms with Gasteiger partial charge in [0.05, 0.1) is 23.0 Å². The van der Waals surface area contributed by atoms with Gasteiger partial charge in [0.15, 0.2) is 0 Å². The molecule has 4 aromatic rings. The highest BCUT2D eigenvalue weighted by Crippen LogP contribution is 2.34. The van der Waals surface area contributed by atoms with E-state index >= 15 is 0 Å². The van der Waals surface area contributed by atoms with E-state index in [9.17, 15) is 4.79 Å². The van der Waals surface area contributed by atoms with Crippen molar-refractivity contribution in [3.63, 3.8) is 0 Å². The lowest BCUT2D eigenvalue weighted by molar-refractivity contribution is -0.111. The van der Waals surface area contributed by atoms with E-state index in [0.717, 1.165) is 26.4 Å². The van der Waals surface area contributed by atoms with Crippen LogP contribution in [0.3, 0.4) is 0 Å². The molecule has 0 bridgehead atoms. The number of aromatic nitrogens is 1. The molecular formula is C26H24N2O2S. The summed E-state index contributed by atoms with van der Waals surface area (Å²) in [7, 11) is 1.59. The Balaban J connectivity index is 1.54. The number of benzene rings is 3. The molecule has 0 atom stereocenters. The molecule has 0 fully saturated rings. The second-order valence-corrected chi connectivity index (χ2v) is 8.58. The van der Waals surface area contributed by atoms with Crippen molar-refractivity contribution in [1.29, 1.82) is 0 Å². The first-order valence-electron chi connectivity index (χ1n) is 10.2. The Hall–Kier alpha value is -3.44. The van der Waals surface area contributed by atoms with Crippen molar-refractivity contribution in [1.82, 2.24) is 4.98 Å². The average molecular weight is 429 g/mol. The smallest absolute Gasteiger partial charge is 0.248 e. The summed E-state index contributed by atoms with van der Waals surface area (Å²) in [5.74, 6) is 0.872. The first-order valence-corrected chi connectivity index (χ1v) is 11.0. The highest BCUT2D eigenvalue weighted by atomic mass is 32.1. The van der Waals surface area contributed by atoms with Gasteiger partial charge in [0.1, 0.15) is 10.8 Å². The van der Waals surface area contributed by atoms with Gasteiger partial charge >= 0.3 is 0 Å². The highest BCUT2D eigenvalue weighted by molar-refractivity contribution is 7.21. The fourth-order valence-electron chi connectivity index (χ4n) is 3.27. The van der Waals surface area contributed by atoms with Crippen molar-refractivity contribution in [2.45, 2.75) is 19.8 Å². The maximum atomic E-state index is 12.6. The lowest BCUT2D eigenvalue weighted by atomic mass is 10.0. The lowest BCUT2D eigenvalue weighted by Gasteiger charge is -2.10. The number of para-hydroxylation sites is 1. The number of nitrogens with zero attached hydrogens (tertiary/aromatic N) is 1. The van der Waals surface area contributed by atoms with Crippen LogP contribution in [0.1, 0.15) is 30.9 Å². The Morgan fingerprint density at radius 1 is 1.06 bits per heavy atom.